The Bertz CT molecular complexity index is 305. The van der Waals surface area contributed by atoms with Crippen LogP contribution in [0.2, 0.25) is 0 Å². The predicted molar refractivity (Wildman–Crippen MR) is 54.4 cm³/mol. The molecule has 0 aliphatic rings. The van der Waals surface area contributed by atoms with E-state index < -0.39 is 19.0 Å². The van der Waals surface area contributed by atoms with Crippen LogP contribution in [0, 0.1) is 5.92 Å². The van der Waals surface area contributed by atoms with Gasteiger partial charge >= 0.3 is 7.60 Å². The zero-order chi connectivity index (χ0) is 11.9. The molecule has 0 aromatic carbocycles. The summed E-state index contributed by atoms with van der Waals surface area (Å²) in [5, 5.41) is 3.28. The van der Waals surface area contributed by atoms with Crippen LogP contribution in [0.3, 0.4) is 0 Å². The maximum absolute atomic E-state index is 11.6. The van der Waals surface area contributed by atoms with Gasteiger partial charge in [0.2, 0.25) is 5.52 Å². The molecule has 1 unspecified atom stereocenters. The zero-order valence-electron chi connectivity index (χ0n) is 8.91. The number of hydrogen-bond acceptors (Lipinski definition) is 5. The molecule has 0 saturated carbocycles. The molecule has 0 amide bonds. The first-order valence-corrected chi connectivity index (χ1v) is 5.83. The van der Waals surface area contributed by atoms with Gasteiger partial charge < -0.3 is 9.05 Å². The van der Waals surface area contributed by atoms with E-state index in [9.17, 15) is 9.36 Å². The largest absolute Gasteiger partial charge is 0.396 e. The highest BCUT2D eigenvalue weighted by Crippen LogP contribution is 2.49. The van der Waals surface area contributed by atoms with Crippen LogP contribution < -0.4 is 0 Å². The average molecular weight is 235 g/mol. The summed E-state index contributed by atoms with van der Waals surface area (Å²) >= 11 is 0. The monoisotopic (exact) mass is 235 g/mol. The maximum atomic E-state index is 11.6. The number of azide groups is 1. The predicted octanol–water partition coefficient (Wildman–Crippen LogP) is 2.34. The molecule has 7 nitrogen and oxygen atoms in total. The fourth-order valence-corrected chi connectivity index (χ4v) is 2.12. The van der Waals surface area contributed by atoms with E-state index in [2.05, 4.69) is 19.1 Å². The van der Waals surface area contributed by atoms with Gasteiger partial charge in [0.1, 0.15) is 0 Å². The van der Waals surface area contributed by atoms with Crippen LogP contribution in [0.4, 0.5) is 0 Å². The van der Waals surface area contributed by atoms with Crippen LogP contribution in [-0.4, -0.2) is 26.3 Å². The van der Waals surface area contributed by atoms with Gasteiger partial charge in [-0.2, -0.15) is 0 Å². The lowest BCUT2D eigenvalue weighted by Crippen LogP contribution is -2.14. The van der Waals surface area contributed by atoms with Crippen LogP contribution in [-0.2, 0) is 18.4 Å². The molecule has 0 fully saturated rings. The quantitative estimate of drug-likeness (QED) is 0.292. The van der Waals surface area contributed by atoms with E-state index in [0.29, 0.717) is 6.42 Å². The summed E-state index contributed by atoms with van der Waals surface area (Å²) in [6, 6.07) is 0. The van der Waals surface area contributed by atoms with Gasteiger partial charge in [0.15, 0.2) is 0 Å². The van der Waals surface area contributed by atoms with E-state index in [-0.39, 0.29) is 6.54 Å². The summed E-state index contributed by atoms with van der Waals surface area (Å²) in [5.41, 5.74) is 7.44. The second-order valence-corrected chi connectivity index (χ2v) is 5.01. The van der Waals surface area contributed by atoms with Gasteiger partial charge in [-0.05, 0) is 12.0 Å². The van der Waals surface area contributed by atoms with E-state index in [1.165, 1.54) is 0 Å². The second kappa shape index (κ2) is 6.58. The maximum Gasteiger partial charge on any atom is 0.396 e. The van der Waals surface area contributed by atoms with Gasteiger partial charge in [-0.25, -0.2) is 0 Å². The molecule has 0 bridgehead atoms. The number of hydrogen-bond donors (Lipinski definition) is 0. The lowest BCUT2D eigenvalue weighted by molar-refractivity contribution is -0.116. The van der Waals surface area contributed by atoms with Crippen molar-refractivity contribution in [2.24, 2.45) is 11.0 Å². The highest BCUT2D eigenvalue weighted by Gasteiger charge is 2.35. The van der Waals surface area contributed by atoms with Crippen molar-refractivity contribution >= 4 is 13.1 Å². The van der Waals surface area contributed by atoms with Gasteiger partial charge in [0.05, 0.1) is 0 Å². The molecule has 0 N–H and O–H groups in total. The van der Waals surface area contributed by atoms with Crippen molar-refractivity contribution in [1.82, 2.24) is 0 Å². The molecule has 0 aromatic rings. The Morgan fingerprint density at radius 1 is 1.53 bits per heavy atom. The van der Waals surface area contributed by atoms with E-state index in [1.807, 2.05) is 0 Å². The minimum absolute atomic E-state index is 0.177. The average Bonchev–Trinajstić information content (AvgIpc) is 2.27. The number of carbonyl (C=O) groups excluding carboxylic acids is 1. The number of nitrogens with zero attached hydrogens (tertiary/aromatic N) is 3. The second-order valence-electron chi connectivity index (χ2n) is 2.85. The Labute approximate surface area is 87.9 Å². The lowest BCUT2D eigenvalue weighted by atomic mass is 10.1. The van der Waals surface area contributed by atoms with E-state index in [1.54, 1.807) is 6.92 Å². The van der Waals surface area contributed by atoms with E-state index in [0.717, 1.165) is 14.2 Å². The molecule has 0 radical (unpaired) electrons. The van der Waals surface area contributed by atoms with Crippen molar-refractivity contribution in [3.63, 3.8) is 0 Å². The number of rotatable bonds is 7. The molecule has 8 heteroatoms. The summed E-state index contributed by atoms with van der Waals surface area (Å²) in [7, 11) is -1.34. The summed E-state index contributed by atoms with van der Waals surface area (Å²) in [6.45, 7) is 1.76. The van der Waals surface area contributed by atoms with Gasteiger partial charge in [-0.3, -0.25) is 9.36 Å². The van der Waals surface area contributed by atoms with Gasteiger partial charge in [-0.1, -0.05) is 12.0 Å². The summed E-state index contributed by atoms with van der Waals surface area (Å²) in [5.74, 6) is -0.527. The molecular weight excluding hydrogens is 221 g/mol. The summed E-state index contributed by atoms with van der Waals surface area (Å²) in [6.07, 6.45) is 0.319. The Hall–Kier alpha value is -0.870. The molecule has 0 spiro atoms. The standard InChI is InChI=1S/C7H14N3O4P/c1-6(4-5-9-10-8)7(11)15(12,13-2)14-3/h6H,4-5H2,1-3H3. The Balaban J connectivity index is 4.42. The fourth-order valence-electron chi connectivity index (χ4n) is 0.944. The first-order chi connectivity index (χ1) is 7.01. The van der Waals surface area contributed by atoms with Crippen LogP contribution in [0.5, 0.6) is 0 Å². The molecule has 15 heavy (non-hydrogen) atoms. The third-order valence-electron chi connectivity index (χ3n) is 1.90. The highest BCUT2D eigenvalue weighted by molar-refractivity contribution is 7.71. The van der Waals surface area contributed by atoms with E-state index in [4.69, 9.17) is 5.53 Å². The molecule has 86 valence electrons. The first-order valence-electron chi connectivity index (χ1n) is 4.28. The summed E-state index contributed by atoms with van der Waals surface area (Å²) < 4.78 is 20.7. The third-order valence-corrected chi connectivity index (χ3v) is 3.84. The molecule has 0 heterocycles. The summed E-state index contributed by atoms with van der Waals surface area (Å²) in [4.78, 5) is 14.1. The zero-order valence-corrected chi connectivity index (χ0v) is 9.81. The third kappa shape index (κ3) is 4.01. The van der Waals surface area contributed by atoms with Crippen molar-refractivity contribution in [2.75, 3.05) is 20.8 Å². The van der Waals surface area contributed by atoms with Crippen molar-refractivity contribution in [2.45, 2.75) is 13.3 Å². The molecule has 0 aromatic heterocycles. The Morgan fingerprint density at radius 2 is 2.07 bits per heavy atom. The van der Waals surface area contributed by atoms with Crippen molar-refractivity contribution in [3.8, 4) is 0 Å². The van der Waals surface area contributed by atoms with Gasteiger partial charge in [-0.15, -0.1) is 0 Å². The van der Waals surface area contributed by atoms with Gasteiger partial charge in [0.25, 0.3) is 0 Å². The van der Waals surface area contributed by atoms with Crippen LogP contribution in [0.25, 0.3) is 10.4 Å². The molecule has 0 aliphatic heterocycles. The van der Waals surface area contributed by atoms with Crippen LogP contribution in [0.15, 0.2) is 5.11 Å². The topological polar surface area (TPSA) is 101 Å². The van der Waals surface area contributed by atoms with Crippen LogP contribution >= 0.6 is 7.60 Å². The normalized spacial score (nSPS) is 13.0. The molecule has 0 saturated heterocycles. The molecular formula is C7H14N3O4P. The van der Waals surface area contributed by atoms with Crippen molar-refractivity contribution in [1.29, 1.82) is 0 Å². The Kier molecular flexibility index (Phi) is 6.20. The van der Waals surface area contributed by atoms with Gasteiger partial charge in [0, 0.05) is 31.6 Å². The first kappa shape index (κ1) is 14.1. The van der Waals surface area contributed by atoms with Crippen molar-refractivity contribution in [3.05, 3.63) is 10.4 Å². The molecule has 0 aliphatic carbocycles. The highest BCUT2D eigenvalue weighted by atomic mass is 31.2. The fraction of sp³-hybridized carbons (Fsp3) is 0.857. The minimum Gasteiger partial charge on any atom is -0.307 e. The Morgan fingerprint density at radius 3 is 2.47 bits per heavy atom. The van der Waals surface area contributed by atoms with Crippen LogP contribution in [0.1, 0.15) is 13.3 Å². The van der Waals surface area contributed by atoms with Crippen molar-refractivity contribution < 1.29 is 18.4 Å². The number of carbonyl (C=O) groups is 1. The molecule has 0 rings (SSSR count). The van der Waals surface area contributed by atoms with E-state index >= 15 is 0 Å². The lowest BCUT2D eigenvalue weighted by Gasteiger charge is -2.15. The minimum atomic E-state index is -3.65. The molecule has 1 atom stereocenters. The SMILES string of the molecule is COP(=O)(OC)C(=O)C(C)CCN=[N+]=[N-]. The smallest absolute Gasteiger partial charge is 0.307 e.